The number of aromatic nitrogens is 3. The van der Waals surface area contributed by atoms with E-state index in [0.717, 1.165) is 18.7 Å². The first-order chi connectivity index (χ1) is 11.5. The van der Waals surface area contributed by atoms with Gasteiger partial charge in [-0.15, -0.1) is 0 Å². The fourth-order valence-electron chi connectivity index (χ4n) is 3.32. The van der Waals surface area contributed by atoms with E-state index in [1.807, 2.05) is 10.9 Å². The monoisotopic (exact) mass is 329 g/mol. The second kappa shape index (κ2) is 5.47. The molecule has 2 aliphatic rings. The van der Waals surface area contributed by atoms with Crippen LogP contribution in [0.2, 0.25) is 0 Å². The van der Waals surface area contributed by atoms with Crippen molar-refractivity contribution in [3.8, 4) is 0 Å². The molecule has 2 aromatic rings. The first kappa shape index (κ1) is 14.9. The molecule has 0 spiro atoms. The fourth-order valence-corrected chi connectivity index (χ4v) is 3.32. The van der Waals surface area contributed by atoms with Crippen LogP contribution in [0.25, 0.3) is 0 Å². The Kier molecular flexibility index (Phi) is 3.40. The summed E-state index contributed by atoms with van der Waals surface area (Å²) in [7, 11) is 0. The van der Waals surface area contributed by atoms with Gasteiger partial charge in [0.25, 0.3) is 5.91 Å². The summed E-state index contributed by atoms with van der Waals surface area (Å²) in [5.41, 5.74) is 2.01. The summed E-state index contributed by atoms with van der Waals surface area (Å²) in [6, 6.07) is 0.140. The summed E-state index contributed by atoms with van der Waals surface area (Å²) in [4.78, 5) is 27.8. The zero-order valence-electron chi connectivity index (χ0n) is 13.7. The van der Waals surface area contributed by atoms with Crippen LogP contribution in [0, 0.1) is 13.8 Å². The van der Waals surface area contributed by atoms with Crippen molar-refractivity contribution in [2.45, 2.75) is 32.7 Å². The van der Waals surface area contributed by atoms with Crippen molar-refractivity contribution >= 4 is 17.5 Å². The van der Waals surface area contributed by atoms with E-state index in [4.69, 9.17) is 4.52 Å². The third-order valence-electron chi connectivity index (χ3n) is 4.74. The summed E-state index contributed by atoms with van der Waals surface area (Å²) >= 11 is 0. The molecule has 0 bridgehead atoms. The van der Waals surface area contributed by atoms with Crippen LogP contribution >= 0.6 is 0 Å². The molecule has 2 aromatic heterocycles. The molecule has 0 aliphatic carbocycles. The van der Waals surface area contributed by atoms with E-state index in [1.54, 1.807) is 29.8 Å². The van der Waals surface area contributed by atoms with Crippen LogP contribution in [0.5, 0.6) is 0 Å². The van der Waals surface area contributed by atoms with Gasteiger partial charge in [0.05, 0.1) is 23.6 Å². The highest BCUT2D eigenvalue weighted by molar-refractivity contribution is 5.96. The number of anilines is 1. The van der Waals surface area contributed by atoms with Gasteiger partial charge in [0.15, 0.2) is 0 Å². The zero-order valence-corrected chi connectivity index (χ0v) is 13.7. The maximum Gasteiger partial charge on any atom is 0.259 e. The van der Waals surface area contributed by atoms with E-state index in [2.05, 4.69) is 10.3 Å². The maximum atomic E-state index is 12.5. The van der Waals surface area contributed by atoms with E-state index in [1.165, 1.54) is 0 Å². The molecule has 0 saturated carbocycles. The third-order valence-corrected chi connectivity index (χ3v) is 4.74. The Hall–Kier alpha value is -2.64. The maximum absolute atomic E-state index is 12.5. The van der Waals surface area contributed by atoms with Crippen molar-refractivity contribution < 1.29 is 14.1 Å². The molecule has 126 valence electrons. The second-order valence-corrected chi connectivity index (χ2v) is 6.39. The fraction of sp³-hybridized carbons (Fsp3) is 0.500. The van der Waals surface area contributed by atoms with Crippen molar-refractivity contribution in [2.24, 2.45) is 0 Å². The van der Waals surface area contributed by atoms with Gasteiger partial charge in [-0.2, -0.15) is 5.10 Å². The van der Waals surface area contributed by atoms with Gasteiger partial charge in [0, 0.05) is 32.3 Å². The number of likely N-dealkylation sites (tertiary alicyclic amines) is 1. The minimum Gasteiger partial charge on any atom is -0.361 e. The first-order valence-electron chi connectivity index (χ1n) is 8.11. The number of hydrogen-bond acceptors (Lipinski definition) is 5. The van der Waals surface area contributed by atoms with Gasteiger partial charge in [0.2, 0.25) is 5.91 Å². The van der Waals surface area contributed by atoms with E-state index in [9.17, 15) is 9.59 Å². The Balaban J connectivity index is 1.42. The zero-order chi connectivity index (χ0) is 16.8. The normalized spacial score (nSPS) is 18.3. The molecule has 2 fully saturated rings. The van der Waals surface area contributed by atoms with E-state index in [0.29, 0.717) is 36.5 Å². The van der Waals surface area contributed by atoms with Crippen molar-refractivity contribution in [2.75, 3.05) is 24.5 Å². The predicted octanol–water partition coefficient (Wildman–Crippen LogP) is 1.31. The number of carbonyl (C=O) groups excluding carboxylic acids is 2. The molecular weight excluding hydrogens is 310 g/mol. The highest BCUT2D eigenvalue weighted by atomic mass is 16.5. The Morgan fingerprint density at radius 3 is 2.75 bits per heavy atom. The number of carbonyl (C=O) groups is 2. The minimum absolute atomic E-state index is 0.0513. The second-order valence-electron chi connectivity index (χ2n) is 6.39. The van der Waals surface area contributed by atoms with E-state index < -0.39 is 0 Å². The highest BCUT2D eigenvalue weighted by Gasteiger charge is 2.35. The van der Waals surface area contributed by atoms with Gasteiger partial charge in [-0.05, 0) is 20.3 Å². The van der Waals surface area contributed by atoms with Crippen LogP contribution < -0.4 is 4.90 Å². The largest absolute Gasteiger partial charge is 0.361 e. The lowest BCUT2D eigenvalue weighted by atomic mass is 10.1. The van der Waals surface area contributed by atoms with E-state index in [-0.39, 0.29) is 17.9 Å². The molecular formula is C16H19N5O3. The molecule has 0 unspecified atom stereocenters. The molecule has 8 heteroatoms. The Morgan fingerprint density at radius 1 is 1.33 bits per heavy atom. The first-order valence-corrected chi connectivity index (χ1v) is 8.11. The smallest absolute Gasteiger partial charge is 0.259 e. The number of aryl methyl sites for hydroxylation is 2. The van der Waals surface area contributed by atoms with Gasteiger partial charge in [-0.1, -0.05) is 5.16 Å². The molecule has 8 nitrogen and oxygen atoms in total. The Morgan fingerprint density at radius 2 is 2.12 bits per heavy atom. The lowest BCUT2D eigenvalue weighted by molar-refractivity contribution is -0.117. The quantitative estimate of drug-likeness (QED) is 0.848. The Labute approximate surface area is 139 Å². The van der Waals surface area contributed by atoms with E-state index >= 15 is 0 Å². The summed E-state index contributed by atoms with van der Waals surface area (Å²) in [6.45, 7) is 5.47. The molecule has 0 N–H and O–H groups in total. The topological polar surface area (TPSA) is 84.5 Å². The summed E-state index contributed by atoms with van der Waals surface area (Å²) < 4.78 is 6.91. The molecule has 0 radical (unpaired) electrons. The molecule has 2 amide bonds. The molecule has 0 aromatic carbocycles. The predicted molar refractivity (Wildman–Crippen MR) is 84.7 cm³/mol. The van der Waals surface area contributed by atoms with Crippen molar-refractivity contribution in [3.63, 3.8) is 0 Å². The van der Waals surface area contributed by atoms with Crippen molar-refractivity contribution in [3.05, 3.63) is 29.4 Å². The van der Waals surface area contributed by atoms with Gasteiger partial charge in [0.1, 0.15) is 11.3 Å². The van der Waals surface area contributed by atoms with Crippen LogP contribution in [-0.2, 0) is 4.79 Å². The summed E-state index contributed by atoms with van der Waals surface area (Å²) in [5.74, 6) is 0.651. The van der Waals surface area contributed by atoms with Crippen LogP contribution in [0.1, 0.15) is 40.7 Å². The average molecular weight is 329 g/mol. The van der Waals surface area contributed by atoms with Crippen LogP contribution in [0.3, 0.4) is 0 Å². The van der Waals surface area contributed by atoms with Crippen molar-refractivity contribution in [1.29, 1.82) is 0 Å². The summed E-state index contributed by atoms with van der Waals surface area (Å²) in [5, 5.41) is 8.20. The molecule has 4 rings (SSSR count). The molecule has 4 heterocycles. The standard InChI is InChI=1S/C16H19N5O3/c1-10-15(11(2)24-18-10)16(23)19-7-13(8-19)21-9-12(6-17-21)20-5-3-4-14(20)22/h6,9,13H,3-5,7-8H2,1-2H3. The van der Waals surface area contributed by atoms with Crippen LogP contribution in [0.4, 0.5) is 5.69 Å². The number of amides is 2. The van der Waals surface area contributed by atoms with Crippen molar-refractivity contribution in [1.82, 2.24) is 19.8 Å². The molecule has 2 aliphatic heterocycles. The number of hydrogen-bond donors (Lipinski definition) is 0. The lowest BCUT2D eigenvalue weighted by Crippen LogP contribution is -2.51. The van der Waals surface area contributed by atoms with Gasteiger partial charge in [-0.25, -0.2) is 0 Å². The van der Waals surface area contributed by atoms with Crippen LogP contribution in [0.15, 0.2) is 16.9 Å². The number of nitrogens with zero attached hydrogens (tertiary/aromatic N) is 5. The lowest BCUT2D eigenvalue weighted by Gasteiger charge is -2.39. The van der Waals surface area contributed by atoms with Gasteiger partial charge < -0.3 is 14.3 Å². The van der Waals surface area contributed by atoms with Gasteiger partial charge in [-0.3, -0.25) is 14.3 Å². The minimum atomic E-state index is -0.0513. The third kappa shape index (κ3) is 2.29. The SMILES string of the molecule is Cc1noc(C)c1C(=O)N1CC(n2cc(N3CCCC3=O)cn2)C1. The molecule has 2 saturated heterocycles. The molecule has 24 heavy (non-hydrogen) atoms. The Bertz CT molecular complexity index is 783. The highest BCUT2D eigenvalue weighted by Crippen LogP contribution is 2.27. The van der Waals surface area contributed by atoms with Crippen LogP contribution in [-0.4, -0.2) is 51.3 Å². The van der Waals surface area contributed by atoms with Gasteiger partial charge >= 0.3 is 0 Å². The molecule has 0 atom stereocenters. The average Bonchev–Trinajstić information content (AvgIpc) is 3.19. The summed E-state index contributed by atoms with van der Waals surface area (Å²) in [6.07, 6.45) is 5.12. The number of rotatable bonds is 3.